The normalized spacial score (nSPS) is 13.2. The molecule has 1 aromatic heterocycles. The van der Waals surface area contributed by atoms with Gasteiger partial charge >= 0.3 is 0 Å². The van der Waals surface area contributed by atoms with Crippen LogP contribution < -0.4 is 5.32 Å². The van der Waals surface area contributed by atoms with E-state index in [1.165, 1.54) is 11.5 Å². The Morgan fingerprint density at radius 3 is 3.17 bits per heavy atom. The van der Waals surface area contributed by atoms with Crippen molar-refractivity contribution in [1.82, 2.24) is 14.9 Å². The molecule has 0 radical (unpaired) electrons. The molecule has 4 nitrogen and oxygen atoms in total. The summed E-state index contributed by atoms with van der Waals surface area (Å²) in [5, 5.41) is 9.12. The van der Waals surface area contributed by atoms with Crippen LogP contribution in [-0.2, 0) is 11.3 Å². The number of ether oxygens (including phenoxy) is 1. The standard InChI is InChI=1S/C7H13N3OS/c1-6(4-11-2)8-3-7-5-12-10-9-7/h5-6,8H,3-4H2,1-2H3/t6-/m0/s1. The predicted octanol–water partition coefficient (Wildman–Crippen LogP) is 0.663. The lowest BCUT2D eigenvalue weighted by atomic mass is 10.3. The van der Waals surface area contributed by atoms with Gasteiger partial charge in [-0.15, -0.1) is 5.10 Å². The van der Waals surface area contributed by atoms with Crippen LogP contribution in [0.1, 0.15) is 12.6 Å². The zero-order valence-electron chi connectivity index (χ0n) is 7.28. The highest BCUT2D eigenvalue weighted by atomic mass is 32.1. The second-order valence-electron chi connectivity index (χ2n) is 2.63. The highest BCUT2D eigenvalue weighted by molar-refractivity contribution is 7.03. The van der Waals surface area contributed by atoms with Gasteiger partial charge in [0.05, 0.1) is 12.3 Å². The molecule has 0 bridgehead atoms. The quantitative estimate of drug-likeness (QED) is 0.735. The lowest BCUT2D eigenvalue weighted by molar-refractivity contribution is 0.171. The van der Waals surface area contributed by atoms with Crippen molar-refractivity contribution in [3.05, 3.63) is 11.1 Å². The third kappa shape index (κ3) is 3.25. The third-order valence-electron chi connectivity index (χ3n) is 1.45. The van der Waals surface area contributed by atoms with E-state index < -0.39 is 0 Å². The number of hydrogen-bond donors (Lipinski definition) is 1. The average molecular weight is 187 g/mol. The molecule has 0 aromatic carbocycles. The maximum absolute atomic E-state index is 4.98. The van der Waals surface area contributed by atoms with Crippen LogP contribution in [0, 0.1) is 0 Å². The van der Waals surface area contributed by atoms with Gasteiger partial charge < -0.3 is 10.1 Å². The Labute approximate surface area is 76.1 Å². The predicted molar refractivity (Wildman–Crippen MR) is 48.1 cm³/mol. The zero-order valence-corrected chi connectivity index (χ0v) is 8.10. The maximum atomic E-state index is 4.98. The number of methoxy groups -OCH3 is 1. The van der Waals surface area contributed by atoms with Crippen molar-refractivity contribution in [2.24, 2.45) is 0 Å². The molecular formula is C7H13N3OS. The van der Waals surface area contributed by atoms with Crippen molar-refractivity contribution in [2.45, 2.75) is 19.5 Å². The molecule has 0 aliphatic rings. The van der Waals surface area contributed by atoms with E-state index >= 15 is 0 Å². The van der Waals surface area contributed by atoms with Crippen LogP contribution in [0.4, 0.5) is 0 Å². The van der Waals surface area contributed by atoms with Crippen LogP contribution in [0.2, 0.25) is 0 Å². The Balaban J connectivity index is 2.17. The second-order valence-corrected chi connectivity index (χ2v) is 3.24. The van der Waals surface area contributed by atoms with Gasteiger partial charge in [0.15, 0.2) is 0 Å². The molecule has 0 aliphatic carbocycles. The summed E-state index contributed by atoms with van der Waals surface area (Å²) >= 11 is 1.37. The van der Waals surface area contributed by atoms with Crippen molar-refractivity contribution in [3.63, 3.8) is 0 Å². The molecule has 0 saturated carbocycles. The summed E-state index contributed by atoms with van der Waals surface area (Å²) in [6.45, 7) is 3.56. The highest BCUT2D eigenvalue weighted by Gasteiger charge is 2.01. The molecule has 5 heteroatoms. The van der Waals surface area contributed by atoms with E-state index in [0.29, 0.717) is 6.04 Å². The van der Waals surface area contributed by atoms with Gasteiger partial charge in [0, 0.05) is 25.1 Å². The largest absolute Gasteiger partial charge is 0.383 e. The first-order valence-electron chi connectivity index (χ1n) is 3.81. The Hall–Kier alpha value is -0.520. The number of aromatic nitrogens is 2. The zero-order chi connectivity index (χ0) is 8.81. The van der Waals surface area contributed by atoms with Gasteiger partial charge in [0.1, 0.15) is 0 Å². The third-order valence-corrected chi connectivity index (χ3v) is 2.01. The monoisotopic (exact) mass is 187 g/mol. The van der Waals surface area contributed by atoms with Crippen molar-refractivity contribution >= 4 is 11.5 Å². The van der Waals surface area contributed by atoms with Gasteiger partial charge in [-0.2, -0.15) is 0 Å². The van der Waals surface area contributed by atoms with Crippen molar-refractivity contribution in [1.29, 1.82) is 0 Å². The van der Waals surface area contributed by atoms with E-state index in [2.05, 4.69) is 21.8 Å². The van der Waals surface area contributed by atoms with Gasteiger partial charge in [-0.05, 0) is 18.5 Å². The molecule has 0 unspecified atom stereocenters. The molecule has 1 atom stereocenters. The number of hydrogen-bond acceptors (Lipinski definition) is 5. The molecule has 0 amide bonds. The van der Waals surface area contributed by atoms with Gasteiger partial charge in [-0.25, -0.2) is 0 Å². The molecule has 0 fully saturated rings. The molecule has 12 heavy (non-hydrogen) atoms. The van der Waals surface area contributed by atoms with Gasteiger partial charge in [-0.1, -0.05) is 4.49 Å². The van der Waals surface area contributed by atoms with Crippen molar-refractivity contribution < 1.29 is 4.74 Å². The lowest BCUT2D eigenvalue weighted by Gasteiger charge is -2.10. The van der Waals surface area contributed by atoms with Crippen molar-refractivity contribution in [3.8, 4) is 0 Å². The van der Waals surface area contributed by atoms with Crippen LogP contribution in [-0.4, -0.2) is 29.3 Å². The molecule has 1 N–H and O–H groups in total. The molecule has 1 rings (SSSR count). The van der Waals surface area contributed by atoms with Crippen LogP contribution in [0.5, 0.6) is 0 Å². The molecule has 1 heterocycles. The van der Waals surface area contributed by atoms with Gasteiger partial charge in [0.25, 0.3) is 0 Å². The Kier molecular flexibility index (Phi) is 4.13. The van der Waals surface area contributed by atoms with Crippen LogP contribution >= 0.6 is 11.5 Å². The summed E-state index contributed by atoms with van der Waals surface area (Å²) in [4.78, 5) is 0. The first-order valence-corrected chi connectivity index (χ1v) is 4.65. The molecule has 0 saturated heterocycles. The van der Waals surface area contributed by atoms with Crippen LogP contribution in [0.3, 0.4) is 0 Å². The summed E-state index contributed by atoms with van der Waals surface area (Å²) in [5.74, 6) is 0. The summed E-state index contributed by atoms with van der Waals surface area (Å²) in [6, 6.07) is 0.358. The average Bonchev–Trinajstić information content (AvgIpc) is 2.53. The first-order chi connectivity index (χ1) is 5.83. The number of nitrogens with zero attached hydrogens (tertiary/aromatic N) is 2. The Morgan fingerprint density at radius 1 is 1.75 bits per heavy atom. The fourth-order valence-electron chi connectivity index (χ4n) is 0.849. The van der Waals surface area contributed by atoms with E-state index in [1.807, 2.05) is 5.38 Å². The van der Waals surface area contributed by atoms with Crippen molar-refractivity contribution in [2.75, 3.05) is 13.7 Å². The number of nitrogens with one attached hydrogen (secondary N) is 1. The summed E-state index contributed by atoms with van der Waals surface area (Å²) in [7, 11) is 1.70. The molecule has 0 aliphatic heterocycles. The lowest BCUT2D eigenvalue weighted by Crippen LogP contribution is -2.29. The molecule has 0 spiro atoms. The Morgan fingerprint density at radius 2 is 2.58 bits per heavy atom. The minimum absolute atomic E-state index is 0.358. The van der Waals surface area contributed by atoms with Gasteiger partial charge in [-0.3, -0.25) is 0 Å². The van der Waals surface area contributed by atoms with Gasteiger partial charge in [0.2, 0.25) is 0 Å². The van der Waals surface area contributed by atoms with E-state index in [0.717, 1.165) is 18.8 Å². The fraction of sp³-hybridized carbons (Fsp3) is 0.714. The van der Waals surface area contributed by atoms with E-state index in [4.69, 9.17) is 4.74 Å². The smallest absolute Gasteiger partial charge is 0.0893 e. The molecular weight excluding hydrogens is 174 g/mol. The van der Waals surface area contributed by atoms with E-state index in [1.54, 1.807) is 7.11 Å². The highest BCUT2D eigenvalue weighted by Crippen LogP contribution is 1.96. The van der Waals surface area contributed by atoms with Crippen LogP contribution in [0.15, 0.2) is 5.38 Å². The summed E-state index contributed by atoms with van der Waals surface area (Å²) < 4.78 is 8.74. The molecule has 68 valence electrons. The summed E-state index contributed by atoms with van der Waals surface area (Å²) in [6.07, 6.45) is 0. The minimum Gasteiger partial charge on any atom is -0.383 e. The van der Waals surface area contributed by atoms with E-state index in [9.17, 15) is 0 Å². The first kappa shape index (κ1) is 9.57. The summed E-state index contributed by atoms with van der Waals surface area (Å²) in [5.41, 5.74) is 0.989. The second kappa shape index (κ2) is 5.18. The van der Waals surface area contributed by atoms with E-state index in [-0.39, 0.29) is 0 Å². The maximum Gasteiger partial charge on any atom is 0.0893 e. The Bertz CT molecular complexity index is 202. The molecule has 1 aromatic rings. The SMILES string of the molecule is COC[C@H](C)NCc1csnn1. The number of rotatable bonds is 5. The fourth-order valence-corrected chi connectivity index (χ4v) is 1.30. The minimum atomic E-state index is 0.358. The van der Waals surface area contributed by atoms with Crippen LogP contribution in [0.25, 0.3) is 0 Å². The topological polar surface area (TPSA) is 47.0 Å².